The highest BCUT2D eigenvalue weighted by Crippen LogP contribution is 2.39. The Morgan fingerprint density at radius 1 is 1.05 bits per heavy atom. The van der Waals surface area contributed by atoms with Crippen molar-refractivity contribution in [2.75, 3.05) is 30.8 Å². The van der Waals surface area contributed by atoms with Crippen molar-refractivity contribution < 1.29 is 22.7 Å². The Bertz CT molecular complexity index is 1360. The van der Waals surface area contributed by atoms with Gasteiger partial charge in [0.05, 0.1) is 11.3 Å². The molecule has 0 saturated carbocycles. The van der Waals surface area contributed by atoms with Crippen LogP contribution in [0.25, 0.3) is 22.4 Å². The van der Waals surface area contributed by atoms with Gasteiger partial charge in [-0.15, -0.1) is 0 Å². The standard InChI is InChI=1S/C19H15F3N4O2.C8H12N2/c1-10-8-12(9-14(24-10)17(21)22)15-16(11-2-4-13(20)5-3-11)25-19(23)26-18(15)28-7-6-27;1-3-10(2)8-6-4-5-7-9-8/h2-6,8-9,17H,7H2,1H3,(H2,23,25,26);4-7H,3H2,1-2H3. The van der Waals surface area contributed by atoms with Gasteiger partial charge in [0.15, 0.2) is 6.29 Å². The van der Waals surface area contributed by atoms with Crippen LogP contribution < -0.4 is 15.4 Å². The Balaban J connectivity index is 0.000000336. The molecular weight excluding hydrogens is 497 g/mol. The van der Waals surface area contributed by atoms with Crippen molar-refractivity contribution in [1.82, 2.24) is 19.9 Å². The van der Waals surface area contributed by atoms with E-state index in [9.17, 15) is 18.0 Å². The first-order valence-corrected chi connectivity index (χ1v) is 11.6. The zero-order chi connectivity index (χ0) is 27.7. The van der Waals surface area contributed by atoms with Crippen molar-refractivity contribution in [2.45, 2.75) is 20.3 Å². The fraction of sp³-hybridized carbons (Fsp3) is 0.222. The van der Waals surface area contributed by atoms with E-state index in [0.29, 0.717) is 23.1 Å². The molecule has 0 radical (unpaired) electrons. The largest absolute Gasteiger partial charge is 0.469 e. The van der Waals surface area contributed by atoms with Crippen molar-refractivity contribution in [3.63, 3.8) is 0 Å². The average molecular weight is 525 g/mol. The monoisotopic (exact) mass is 524 g/mol. The Morgan fingerprint density at radius 3 is 2.39 bits per heavy atom. The molecular formula is C27H27F3N6O2. The number of alkyl halides is 2. The first-order valence-electron chi connectivity index (χ1n) is 11.6. The molecule has 4 rings (SSSR count). The van der Waals surface area contributed by atoms with Crippen molar-refractivity contribution >= 4 is 18.1 Å². The number of nitrogens with two attached hydrogens (primary N) is 1. The number of rotatable bonds is 8. The van der Waals surface area contributed by atoms with Crippen LogP contribution in [0.4, 0.5) is 24.9 Å². The van der Waals surface area contributed by atoms with Gasteiger partial charge in [0.1, 0.15) is 23.9 Å². The smallest absolute Gasteiger partial charge is 0.280 e. The first kappa shape index (κ1) is 28.0. The van der Waals surface area contributed by atoms with E-state index in [4.69, 9.17) is 10.5 Å². The lowest BCUT2D eigenvalue weighted by atomic mass is 9.99. The second-order valence-electron chi connectivity index (χ2n) is 8.02. The van der Waals surface area contributed by atoms with E-state index in [1.807, 2.05) is 31.4 Å². The maximum Gasteiger partial charge on any atom is 0.280 e. The highest BCUT2D eigenvalue weighted by Gasteiger charge is 2.21. The molecule has 4 aromatic rings. The summed E-state index contributed by atoms with van der Waals surface area (Å²) in [5, 5.41) is 0. The van der Waals surface area contributed by atoms with Crippen molar-refractivity contribution in [3.8, 4) is 28.3 Å². The molecule has 0 atom stereocenters. The minimum Gasteiger partial charge on any atom is -0.469 e. The fourth-order valence-electron chi connectivity index (χ4n) is 3.44. The summed E-state index contributed by atoms with van der Waals surface area (Å²) in [6, 6.07) is 14.1. The van der Waals surface area contributed by atoms with E-state index in [1.54, 1.807) is 13.0 Å². The Labute approximate surface area is 218 Å². The number of aldehydes is 1. The number of aromatic nitrogens is 4. The van der Waals surface area contributed by atoms with Gasteiger partial charge in [-0.2, -0.15) is 4.98 Å². The van der Waals surface area contributed by atoms with Gasteiger partial charge >= 0.3 is 0 Å². The minimum absolute atomic E-state index is 0.0512. The van der Waals surface area contributed by atoms with Gasteiger partial charge in [-0.05, 0) is 67.9 Å². The van der Waals surface area contributed by atoms with E-state index < -0.39 is 17.9 Å². The molecule has 8 nitrogen and oxygen atoms in total. The molecule has 198 valence electrons. The number of ether oxygens (including phenoxy) is 1. The second kappa shape index (κ2) is 13.1. The number of carbonyl (C=O) groups is 1. The quantitative estimate of drug-likeness (QED) is 0.310. The molecule has 2 N–H and O–H groups in total. The summed E-state index contributed by atoms with van der Waals surface area (Å²) >= 11 is 0. The molecule has 0 bridgehead atoms. The van der Waals surface area contributed by atoms with Gasteiger partial charge in [0.25, 0.3) is 6.43 Å². The topological polar surface area (TPSA) is 107 Å². The van der Waals surface area contributed by atoms with Gasteiger partial charge in [-0.3, -0.25) is 9.78 Å². The normalized spacial score (nSPS) is 10.5. The zero-order valence-corrected chi connectivity index (χ0v) is 21.1. The Morgan fingerprint density at radius 2 is 1.79 bits per heavy atom. The summed E-state index contributed by atoms with van der Waals surface area (Å²) in [7, 11) is 2.03. The van der Waals surface area contributed by atoms with Crippen molar-refractivity contribution in [3.05, 3.63) is 78.0 Å². The lowest BCUT2D eigenvalue weighted by molar-refractivity contribution is -0.109. The van der Waals surface area contributed by atoms with E-state index in [2.05, 4.69) is 31.8 Å². The number of carbonyl (C=O) groups excluding carboxylic acids is 1. The van der Waals surface area contributed by atoms with E-state index in [0.717, 1.165) is 12.4 Å². The van der Waals surface area contributed by atoms with Gasteiger partial charge in [-0.1, -0.05) is 6.07 Å². The Kier molecular flexibility index (Phi) is 9.69. The van der Waals surface area contributed by atoms with Crippen LogP contribution in [-0.2, 0) is 4.79 Å². The summed E-state index contributed by atoms with van der Waals surface area (Å²) in [5.41, 5.74) is 6.94. The molecule has 0 saturated heterocycles. The summed E-state index contributed by atoms with van der Waals surface area (Å²) < 4.78 is 45.2. The number of benzene rings is 1. The third kappa shape index (κ3) is 7.25. The van der Waals surface area contributed by atoms with Crippen LogP contribution in [-0.4, -0.2) is 46.4 Å². The fourth-order valence-corrected chi connectivity index (χ4v) is 3.44. The zero-order valence-electron chi connectivity index (χ0n) is 21.1. The maximum absolute atomic E-state index is 13.3. The van der Waals surface area contributed by atoms with Gasteiger partial charge < -0.3 is 15.4 Å². The van der Waals surface area contributed by atoms with Crippen LogP contribution in [0.1, 0.15) is 24.7 Å². The van der Waals surface area contributed by atoms with Crippen molar-refractivity contribution in [1.29, 1.82) is 0 Å². The van der Waals surface area contributed by atoms with E-state index in [1.165, 1.54) is 30.3 Å². The number of nitrogen functional groups attached to an aromatic ring is 1. The summed E-state index contributed by atoms with van der Waals surface area (Å²) in [6.45, 7) is 4.35. The van der Waals surface area contributed by atoms with Gasteiger partial charge in [-0.25, -0.2) is 23.1 Å². The summed E-state index contributed by atoms with van der Waals surface area (Å²) in [6.07, 6.45) is -0.467. The number of hydrogen-bond acceptors (Lipinski definition) is 8. The molecule has 3 heterocycles. The SMILES string of the molecule is CCN(C)c1ccccn1.Cc1cc(-c2c(OCC=O)nc(N)nc2-c2ccc(F)cc2)cc(C(F)F)n1. The lowest BCUT2D eigenvalue weighted by Gasteiger charge is -2.15. The molecule has 0 aliphatic carbocycles. The van der Waals surface area contributed by atoms with Gasteiger partial charge in [0, 0.05) is 31.0 Å². The van der Waals surface area contributed by atoms with Crippen LogP contribution >= 0.6 is 0 Å². The minimum atomic E-state index is -2.79. The van der Waals surface area contributed by atoms with Crippen LogP contribution in [0.2, 0.25) is 0 Å². The van der Waals surface area contributed by atoms with Crippen molar-refractivity contribution in [2.24, 2.45) is 0 Å². The number of nitrogens with zero attached hydrogens (tertiary/aromatic N) is 5. The average Bonchev–Trinajstić information content (AvgIpc) is 2.92. The molecule has 0 fully saturated rings. The summed E-state index contributed by atoms with van der Waals surface area (Å²) in [4.78, 5) is 29.0. The van der Waals surface area contributed by atoms with Crippen LogP contribution in [0, 0.1) is 12.7 Å². The highest BCUT2D eigenvalue weighted by molar-refractivity contribution is 5.85. The molecule has 3 aromatic heterocycles. The number of anilines is 2. The predicted octanol–water partition coefficient (Wildman–Crippen LogP) is 5.29. The van der Waals surface area contributed by atoms with E-state index in [-0.39, 0.29) is 29.7 Å². The summed E-state index contributed by atoms with van der Waals surface area (Å²) in [5.74, 6) is 0.378. The first-order chi connectivity index (χ1) is 18.2. The van der Waals surface area contributed by atoms with Gasteiger partial charge in [0.2, 0.25) is 11.8 Å². The highest BCUT2D eigenvalue weighted by atomic mass is 19.3. The number of aryl methyl sites for hydroxylation is 1. The van der Waals surface area contributed by atoms with Crippen LogP contribution in [0.15, 0.2) is 60.8 Å². The molecule has 0 amide bonds. The number of halogens is 3. The molecule has 0 aliphatic rings. The third-order valence-electron chi connectivity index (χ3n) is 5.30. The molecule has 0 unspecified atom stereocenters. The third-order valence-corrected chi connectivity index (χ3v) is 5.30. The number of pyridine rings is 2. The van der Waals surface area contributed by atoms with Crippen LogP contribution in [0.5, 0.6) is 5.88 Å². The molecule has 38 heavy (non-hydrogen) atoms. The molecule has 11 heteroatoms. The molecule has 0 aliphatic heterocycles. The van der Waals surface area contributed by atoms with Crippen LogP contribution in [0.3, 0.4) is 0 Å². The Hall–Kier alpha value is -4.54. The predicted molar refractivity (Wildman–Crippen MR) is 140 cm³/mol. The maximum atomic E-state index is 13.3. The second-order valence-corrected chi connectivity index (χ2v) is 8.02. The molecule has 1 aromatic carbocycles. The molecule has 0 spiro atoms. The lowest BCUT2D eigenvalue weighted by Crippen LogP contribution is -2.16. The van der Waals surface area contributed by atoms with E-state index >= 15 is 0 Å². The number of hydrogen-bond donors (Lipinski definition) is 1.